The Morgan fingerprint density at radius 2 is 2.17 bits per heavy atom. The molecule has 0 saturated carbocycles. The minimum atomic E-state index is 0.834. The Morgan fingerprint density at radius 3 is 2.58 bits per heavy atom. The molecule has 0 aliphatic heterocycles. The quantitative estimate of drug-likeness (QED) is 0.515. The highest BCUT2D eigenvalue weighted by Crippen LogP contribution is 2.18. The van der Waals surface area contributed by atoms with E-state index in [2.05, 4.69) is 33.4 Å². The number of allylic oxidation sites excluding steroid dienone is 3. The molecule has 0 bridgehead atoms. The average molecular weight is 166 g/mol. The zero-order valence-electron chi connectivity index (χ0n) is 8.77. The molecule has 0 aliphatic rings. The summed E-state index contributed by atoms with van der Waals surface area (Å²) in [5, 5.41) is 0. The first kappa shape index (κ1) is 11.5. The van der Waals surface area contributed by atoms with Gasteiger partial charge in [0.05, 0.1) is 0 Å². The van der Waals surface area contributed by atoms with E-state index in [4.69, 9.17) is 0 Å². The summed E-state index contributed by atoms with van der Waals surface area (Å²) in [6.07, 6.45) is 9.13. The molecule has 0 amide bonds. The zero-order valence-corrected chi connectivity index (χ0v) is 8.77. The Hall–Kier alpha value is -0.520. The second-order valence-electron chi connectivity index (χ2n) is 3.49. The van der Waals surface area contributed by atoms with Crippen molar-refractivity contribution in [3.8, 4) is 0 Å². The fourth-order valence-corrected chi connectivity index (χ4v) is 1.24. The van der Waals surface area contributed by atoms with Crippen molar-refractivity contribution < 1.29 is 0 Å². The van der Waals surface area contributed by atoms with Crippen LogP contribution in [0.5, 0.6) is 0 Å². The first-order valence-electron chi connectivity index (χ1n) is 4.99. The maximum atomic E-state index is 3.74. The molecule has 0 heteroatoms. The van der Waals surface area contributed by atoms with Crippen LogP contribution in [0.3, 0.4) is 0 Å². The molecule has 0 radical (unpaired) electrons. The molecule has 1 unspecified atom stereocenters. The fourth-order valence-electron chi connectivity index (χ4n) is 1.24. The predicted molar refractivity (Wildman–Crippen MR) is 57.3 cm³/mol. The lowest BCUT2D eigenvalue weighted by molar-refractivity contribution is 0.547. The van der Waals surface area contributed by atoms with Crippen LogP contribution >= 0.6 is 0 Å². The van der Waals surface area contributed by atoms with Crippen LogP contribution in [0.15, 0.2) is 24.3 Å². The lowest BCUT2D eigenvalue weighted by Crippen LogP contribution is -1.94. The molecule has 0 spiro atoms. The van der Waals surface area contributed by atoms with Gasteiger partial charge in [-0.3, -0.25) is 0 Å². The summed E-state index contributed by atoms with van der Waals surface area (Å²) in [5.74, 6) is 0.834. The van der Waals surface area contributed by atoms with E-state index in [9.17, 15) is 0 Å². The third-order valence-electron chi connectivity index (χ3n) is 2.39. The largest absolute Gasteiger partial charge is 0.103 e. The third kappa shape index (κ3) is 5.17. The van der Waals surface area contributed by atoms with Crippen LogP contribution in [0, 0.1) is 5.92 Å². The van der Waals surface area contributed by atoms with Crippen molar-refractivity contribution in [2.75, 3.05) is 0 Å². The average Bonchev–Trinajstić information content (AvgIpc) is 2.11. The maximum absolute atomic E-state index is 3.74. The molecule has 0 aromatic rings. The lowest BCUT2D eigenvalue weighted by atomic mass is 9.96. The third-order valence-corrected chi connectivity index (χ3v) is 2.39. The van der Waals surface area contributed by atoms with Gasteiger partial charge in [-0.25, -0.2) is 0 Å². The molecule has 0 heterocycles. The van der Waals surface area contributed by atoms with Crippen molar-refractivity contribution in [2.24, 2.45) is 5.92 Å². The zero-order chi connectivity index (χ0) is 9.40. The van der Waals surface area contributed by atoms with Crippen LogP contribution in [-0.4, -0.2) is 0 Å². The number of rotatable bonds is 6. The Kier molecular flexibility index (Phi) is 6.84. The predicted octanol–water partition coefficient (Wildman–Crippen LogP) is 4.34. The van der Waals surface area contributed by atoms with E-state index in [1.165, 1.54) is 19.3 Å². The van der Waals surface area contributed by atoms with Gasteiger partial charge in [-0.2, -0.15) is 0 Å². The topological polar surface area (TPSA) is 0 Å². The SMILES string of the molecule is C=CCCC(=CC)CC(C)CC. The highest BCUT2D eigenvalue weighted by atomic mass is 14.1. The Labute approximate surface area is 77.4 Å². The number of hydrogen-bond acceptors (Lipinski definition) is 0. The summed E-state index contributed by atoms with van der Waals surface area (Å²) < 4.78 is 0. The molecule has 1 atom stereocenters. The smallest absolute Gasteiger partial charge is 0.0286 e. The van der Waals surface area contributed by atoms with Crippen molar-refractivity contribution in [2.45, 2.75) is 46.5 Å². The van der Waals surface area contributed by atoms with Crippen molar-refractivity contribution in [3.63, 3.8) is 0 Å². The molecule has 0 rings (SSSR count). The summed E-state index contributed by atoms with van der Waals surface area (Å²) >= 11 is 0. The minimum absolute atomic E-state index is 0.834. The van der Waals surface area contributed by atoms with Gasteiger partial charge in [-0.05, 0) is 32.1 Å². The van der Waals surface area contributed by atoms with Gasteiger partial charge in [0.15, 0.2) is 0 Å². The molecule has 70 valence electrons. The van der Waals surface area contributed by atoms with Gasteiger partial charge in [0, 0.05) is 0 Å². The first-order valence-corrected chi connectivity index (χ1v) is 4.99. The van der Waals surface area contributed by atoms with Gasteiger partial charge in [0.2, 0.25) is 0 Å². The van der Waals surface area contributed by atoms with Crippen LogP contribution in [0.1, 0.15) is 46.5 Å². The molecule has 0 aliphatic carbocycles. The molecule has 0 aromatic heterocycles. The van der Waals surface area contributed by atoms with E-state index < -0.39 is 0 Å². The highest BCUT2D eigenvalue weighted by molar-refractivity contribution is 5.02. The second kappa shape index (κ2) is 7.15. The van der Waals surface area contributed by atoms with Crippen LogP contribution in [0.4, 0.5) is 0 Å². The van der Waals surface area contributed by atoms with E-state index in [0.29, 0.717) is 0 Å². The Balaban J connectivity index is 3.75. The Morgan fingerprint density at radius 1 is 1.50 bits per heavy atom. The van der Waals surface area contributed by atoms with Gasteiger partial charge in [0.1, 0.15) is 0 Å². The monoisotopic (exact) mass is 166 g/mol. The Bertz CT molecular complexity index is 142. The molecule has 0 saturated heterocycles. The van der Waals surface area contributed by atoms with Crippen molar-refractivity contribution >= 4 is 0 Å². The van der Waals surface area contributed by atoms with Gasteiger partial charge >= 0.3 is 0 Å². The molecule has 0 N–H and O–H groups in total. The normalized spacial score (nSPS) is 14.4. The van der Waals surface area contributed by atoms with E-state index in [0.717, 1.165) is 12.3 Å². The molecular formula is C12H22. The standard InChI is InChI=1S/C12H22/c1-5-8-9-12(7-3)10-11(4)6-2/h5,7,11H,1,6,8-10H2,2-4H3. The number of hydrogen-bond donors (Lipinski definition) is 0. The van der Waals surface area contributed by atoms with Crippen molar-refractivity contribution in [1.29, 1.82) is 0 Å². The van der Waals surface area contributed by atoms with E-state index in [1.54, 1.807) is 5.57 Å². The summed E-state index contributed by atoms with van der Waals surface area (Å²) in [4.78, 5) is 0. The van der Waals surface area contributed by atoms with Crippen LogP contribution in [0.25, 0.3) is 0 Å². The molecule has 0 fully saturated rings. The van der Waals surface area contributed by atoms with Gasteiger partial charge < -0.3 is 0 Å². The highest BCUT2D eigenvalue weighted by Gasteiger charge is 2.01. The molecule has 0 aromatic carbocycles. The van der Waals surface area contributed by atoms with E-state index >= 15 is 0 Å². The van der Waals surface area contributed by atoms with E-state index in [1.807, 2.05) is 6.08 Å². The van der Waals surface area contributed by atoms with Gasteiger partial charge in [-0.1, -0.05) is 38.0 Å². The molecular weight excluding hydrogens is 144 g/mol. The van der Waals surface area contributed by atoms with E-state index in [-0.39, 0.29) is 0 Å². The summed E-state index contributed by atoms with van der Waals surface area (Å²) in [6.45, 7) is 10.5. The van der Waals surface area contributed by atoms with Crippen molar-refractivity contribution in [3.05, 3.63) is 24.3 Å². The summed E-state index contributed by atoms with van der Waals surface area (Å²) in [5.41, 5.74) is 1.59. The summed E-state index contributed by atoms with van der Waals surface area (Å²) in [6, 6.07) is 0. The van der Waals surface area contributed by atoms with Crippen LogP contribution in [0.2, 0.25) is 0 Å². The lowest BCUT2D eigenvalue weighted by Gasteiger charge is -2.10. The molecule has 0 nitrogen and oxygen atoms in total. The van der Waals surface area contributed by atoms with Crippen molar-refractivity contribution in [1.82, 2.24) is 0 Å². The fraction of sp³-hybridized carbons (Fsp3) is 0.667. The van der Waals surface area contributed by atoms with Gasteiger partial charge in [0.25, 0.3) is 0 Å². The first-order chi connectivity index (χ1) is 5.74. The van der Waals surface area contributed by atoms with Crippen LogP contribution in [-0.2, 0) is 0 Å². The minimum Gasteiger partial charge on any atom is -0.103 e. The van der Waals surface area contributed by atoms with Gasteiger partial charge in [-0.15, -0.1) is 6.58 Å². The summed E-state index contributed by atoms with van der Waals surface area (Å²) in [7, 11) is 0. The van der Waals surface area contributed by atoms with Crippen LogP contribution < -0.4 is 0 Å². The molecule has 12 heavy (non-hydrogen) atoms. The maximum Gasteiger partial charge on any atom is -0.0286 e. The second-order valence-corrected chi connectivity index (χ2v) is 3.49.